The molecular weight excluding hydrogens is 212 g/mol. The number of aliphatic hydroxyl groups excluding tert-OH is 1. The highest BCUT2D eigenvalue weighted by Gasteiger charge is 2.33. The Morgan fingerprint density at radius 1 is 1.18 bits per heavy atom. The van der Waals surface area contributed by atoms with Gasteiger partial charge in [-0.2, -0.15) is 0 Å². The van der Waals surface area contributed by atoms with Crippen LogP contribution in [0, 0.1) is 5.92 Å². The first kappa shape index (κ1) is 13.3. The predicted octanol–water partition coefficient (Wildman–Crippen LogP) is 1.61. The second-order valence-electron chi connectivity index (χ2n) is 5.66. The molecule has 2 fully saturated rings. The molecule has 0 aliphatic heterocycles. The monoisotopic (exact) mass is 240 g/mol. The zero-order valence-corrected chi connectivity index (χ0v) is 11.2. The van der Waals surface area contributed by atoms with E-state index >= 15 is 0 Å². The summed E-state index contributed by atoms with van der Waals surface area (Å²) in [4.78, 5) is 2.53. The van der Waals surface area contributed by atoms with E-state index in [1.165, 1.54) is 45.1 Å². The van der Waals surface area contributed by atoms with E-state index in [1.54, 1.807) is 0 Å². The minimum atomic E-state index is 0.315. The molecule has 0 aromatic carbocycles. The molecule has 2 saturated carbocycles. The van der Waals surface area contributed by atoms with Gasteiger partial charge in [0, 0.05) is 25.2 Å². The van der Waals surface area contributed by atoms with Crippen molar-refractivity contribution >= 4 is 0 Å². The summed E-state index contributed by atoms with van der Waals surface area (Å²) >= 11 is 0. The number of nitrogens with zero attached hydrogens (tertiary/aromatic N) is 1. The third kappa shape index (κ3) is 3.94. The number of hydrogen-bond donors (Lipinski definition) is 2. The normalized spacial score (nSPS) is 29.8. The van der Waals surface area contributed by atoms with Gasteiger partial charge in [-0.25, -0.2) is 0 Å². The second-order valence-corrected chi connectivity index (χ2v) is 5.66. The third-order valence-corrected chi connectivity index (χ3v) is 4.29. The molecule has 0 radical (unpaired) electrons. The molecule has 2 aliphatic carbocycles. The zero-order chi connectivity index (χ0) is 12.1. The van der Waals surface area contributed by atoms with E-state index in [2.05, 4.69) is 17.1 Å². The molecule has 0 amide bonds. The van der Waals surface area contributed by atoms with Crippen molar-refractivity contribution in [2.45, 2.75) is 57.5 Å². The lowest BCUT2D eigenvalue weighted by atomic mass is 9.84. The van der Waals surface area contributed by atoms with Crippen LogP contribution in [0.2, 0.25) is 0 Å². The van der Waals surface area contributed by atoms with Crippen LogP contribution in [0.3, 0.4) is 0 Å². The van der Waals surface area contributed by atoms with Gasteiger partial charge >= 0.3 is 0 Å². The summed E-state index contributed by atoms with van der Waals surface area (Å²) in [5.74, 6) is 0.802. The highest BCUT2D eigenvalue weighted by atomic mass is 16.3. The average Bonchev–Trinajstić information content (AvgIpc) is 3.15. The predicted molar refractivity (Wildman–Crippen MR) is 71.1 cm³/mol. The quantitative estimate of drug-likeness (QED) is 0.710. The third-order valence-electron chi connectivity index (χ3n) is 4.29. The Kier molecular flexibility index (Phi) is 5.26. The number of aliphatic hydroxyl groups is 1. The van der Waals surface area contributed by atoms with Crippen molar-refractivity contribution < 1.29 is 5.11 Å². The summed E-state index contributed by atoms with van der Waals surface area (Å²) in [7, 11) is 0. The molecule has 0 aromatic rings. The summed E-state index contributed by atoms with van der Waals surface area (Å²) in [5.41, 5.74) is 0. The van der Waals surface area contributed by atoms with Gasteiger partial charge in [-0.05, 0) is 38.1 Å². The Hall–Kier alpha value is -0.120. The van der Waals surface area contributed by atoms with Crippen LogP contribution in [0.4, 0.5) is 0 Å². The molecule has 0 bridgehead atoms. The van der Waals surface area contributed by atoms with Crippen molar-refractivity contribution in [1.29, 1.82) is 0 Å². The van der Waals surface area contributed by atoms with Crippen molar-refractivity contribution in [3.63, 3.8) is 0 Å². The van der Waals surface area contributed by atoms with Crippen LogP contribution in [0.15, 0.2) is 0 Å². The molecule has 17 heavy (non-hydrogen) atoms. The van der Waals surface area contributed by atoms with E-state index < -0.39 is 0 Å². The van der Waals surface area contributed by atoms with Gasteiger partial charge in [-0.15, -0.1) is 0 Å². The van der Waals surface area contributed by atoms with Crippen molar-refractivity contribution in [2.24, 2.45) is 5.92 Å². The van der Waals surface area contributed by atoms with Gasteiger partial charge in [0.15, 0.2) is 0 Å². The Morgan fingerprint density at radius 3 is 2.59 bits per heavy atom. The maximum absolute atomic E-state index is 9.15. The fourth-order valence-electron chi connectivity index (χ4n) is 3.25. The lowest BCUT2D eigenvalue weighted by Crippen LogP contribution is -2.45. The van der Waals surface area contributed by atoms with Crippen LogP contribution >= 0.6 is 0 Å². The summed E-state index contributed by atoms with van der Waals surface area (Å²) in [5, 5.41) is 12.8. The van der Waals surface area contributed by atoms with Gasteiger partial charge in [0.05, 0.1) is 6.61 Å². The summed E-state index contributed by atoms with van der Waals surface area (Å²) in [6, 6.07) is 1.50. The van der Waals surface area contributed by atoms with Crippen LogP contribution in [0.5, 0.6) is 0 Å². The molecule has 0 heterocycles. The first-order valence-electron chi connectivity index (χ1n) is 7.43. The van der Waals surface area contributed by atoms with Crippen LogP contribution in [0.25, 0.3) is 0 Å². The highest BCUT2D eigenvalue weighted by Crippen LogP contribution is 2.31. The van der Waals surface area contributed by atoms with Crippen LogP contribution in [-0.4, -0.2) is 48.3 Å². The smallest absolute Gasteiger partial charge is 0.0558 e. The van der Waals surface area contributed by atoms with Crippen LogP contribution < -0.4 is 5.32 Å². The van der Waals surface area contributed by atoms with Gasteiger partial charge in [0.25, 0.3) is 0 Å². The lowest BCUT2D eigenvalue weighted by Gasteiger charge is -2.36. The molecule has 2 rings (SSSR count). The lowest BCUT2D eigenvalue weighted by molar-refractivity contribution is 0.136. The maximum atomic E-state index is 9.15. The SMILES string of the molecule is CCNC1CCCCC1CN(CCO)C1CC1. The van der Waals surface area contributed by atoms with E-state index in [-0.39, 0.29) is 0 Å². The molecule has 2 aliphatic rings. The molecule has 0 aromatic heterocycles. The summed E-state index contributed by atoms with van der Waals surface area (Å²) in [6.07, 6.45) is 8.18. The molecule has 2 atom stereocenters. The van der Waals surface area contributed by atoms with E-state index in [1.807, 2.05) is 0 Å². The minimum absolute atomic E-state index is 0.315. The summed E-state index contributed by atoms with van der Waals surface area (Å²) in [6.45, 7) is 5.68. The van der Waals surface area contributed by atoms with E-state index in [4.69, 9.17) is 5.11 Å². The molecule has 0 saturated heterocycles. The van der Waals surface area contributed by atoms with Crippen molar-refractivity contribution in [3.8, 4) is 0 Å². The molecule has 2 N–H and O–H groups in total. The van der Waals surface area contributed by atoms with Crippen molar-refractivity contribution in [3.05, 3.63) is 0 Å². The number of rotatable bonds is 7. The van der Waals surface area contributed by atoms with Gasteiger partial charge in [-0.1, -0.05) is 19.8 Å². The molecular formula is C14H28N2O. The fraction of sp³-hybridized carbons (Fsp3) is 1.00. The van der Waals surface area contributed by atoms with Gasteiger partial charge in [-0.3, -0.25) is 4.90 Å². The van der Waals surface area contributed by atoms with E-state index in [0.717, 1.165) is 25.0 Å². The molecule has 100 valence electrons. The maximum Gasteiger partial charge on any atom is 0.0558 e. The molecule has 3 nitrogen and oxygen atoms in total. The first-order chi connectivity index (χ1) is 8.35. The van der Waals surface area contributed by atoms with Crippen LogP contribution in [-0.2, 0) is 0 Å². The Labute approximate surface area is 106 Å². The minimum Gasteiger partial charge on any atom is -0.395 e. The van der Waals surface area contributed by atoms with E-state index in [0.29, 0.717) is 12.6 Å². The standard InChI is InChI=1S/C14H28N2O/c1-2-15-14-6-4-3-5-12(14)11-16(9-10-17)13-7-8-13/h12-15,17H,2-11H2,1H3. The molecule has 3 heteroatoms. The van der Waals surface area contributed by atoms with Crippen molar-refractivity contribution in [1.82, 2.24) is 10.2 Å². The van der Waals surface area contributed by atoms with Gasteiger partial charge < -0.3 is 10.4 Å². The first-order valence-corrected chi connectivity index (χ1v) is 7.43. The number of nitrogens with one attached hydrogen (secondary N) is 1. The fourth-order valence-corrected chi connectivity index (χ4v) is 3.25. The summed E-state index contributed by atoms with van der Waals surface area (Å²) < 4.78 is 0. The second kappa shape index (κ2) is 6.72. The highest BCUT2D eigenvalue weighted by molar-refractivity contribution is 4.89. The Morgan fingerprint density at radius 2 is 1.94 bits per heavy atom. The topological polar surface area (TPSA) is 35.5 Å². The van der Waals surface area contributed by atoms with Crippen LogP contribution in [0.1, 0.15) is 45.4 Å². The Bertz CT molecular complexity index is 216. The Balaban J connectivity index is 1.84. The zero-order valence-electron chi connectivity index (χ0n) is 11.2. The number of hydrogen-bond acceptors (Lipinski definition) is 3. The largest absolute Gasteiger partial charge is 0.395 e. The van der Waals surface area contributed by atoms with E-state index in [9.17, 15) is 0 Å². The molecule has 0 spiro atoms. The van der Waals surface area contributed by atoms with Gasteiger partial charge in [0.1, 0.15) is 0 Å². The van der Waals surface area contributed by atoms with Crippen molar-refractivity contribution in [2.75, 3.05) is 26.2 Å². The molecule has 2 unspecified atom stereocenters. The average molecular weight is 240 g/mol. The van der Waals surface area contributed by atoms with Gasteiger partial charge in [0.2, 0.25) is 0 Å².